The molecule has 1 aliphatic carbocycles. The molecule has 0 saturated heterocycles. The SMILES string of the molecule is COc1cc(C(=O)OCC2(N(C)C)CCCc3sccc32)cc(OC)c1OC. The number of rotatable bonds is 7. The summed E-state index contributed by atoms with van der Waals surface area (Å²) in [6, 6.07) is 5.39. The first-order valence-electron chi connectivity index (χ1n) is 9.18. The molecule has 1 atom stereocenters. The molecule has 7 heteroatoms. The van der Waals surface area contributed by atoms with E-state index in [1.165, 1.54) is 31.8 Å². The molecule has 2 aromatic rings. The lowest BCUT2D eigenvalue weighted by Gasteiger charge is -2.42. The topological polar surface area (TPSA) is 57.2 Å². The number of thiophene rings is 1. The number of nitrogens with zero attached hydrogens (tertiary/aromatic N) is 1. The van der Waals surface area contributed by atoms with Gasteiger partial charge in [0.05, 0.1) is 32.4 Å². The third-order valence-corrected chi connectivity index (χ3v) is 6.42. The Morgan fingerprint density at radius 1 is 1.14 bits per heavy atom. The van der Waals surface area contributed by atoms with Crippen LogP contribution in [0.15, 0.2) is 23.6 Å². The van der Waals surface area contributed by atoms with Gasteiger partial charge in [-0.15, -0.1) is 11.3 Å². The molecule has 0 saturated carbocycles. The molecule has 28 heavy (non-hydrogen) atoms. The maximum Gasteiger partial charge on any atom is 0.338 e. The normalized spacial score (nSPS) is 18.5. The Morgan fingerprint density at radius 2 is 1.82 bits per heavy atom. The van der Waals surface area contributed by atoms with Crippen LogP contribution in [0, 0.1) is 0 Å². The highest BCUT2D eigenvalue weighted by atomic mass is 32.1. The van der Waals surface area contributed by atoms with Crippen molar-refractivity contribution in [3.63, 3.8) is 0 Å². The van der Waals surface area contributed by atoms with Crippen molar-refractivity contribution in [2.24, 2.45) is 0 Å². The molecule has 0 spiro atoms. The number of carbonyl (C=O) groups is 1. The fraction of sp³-hybridized carbons (Fsp3) is 0.476. The lowest BCUT2D eigenvalue weighted by atomic mass is 9.80. The van der Waals surface area contributed by atoms with Crippen LogP contribution in [0.5, 0.6) is 17.2 Å². The van der Waals surface area contributed by atoms with Crippen LogP contribution in [-0.2, 0) is 16.7 Å². The van der Waals surface area contributed by atoms with Crippen molar-refractivity contribution in [3.8, 4) is 17.2 Å². The van der Waals surface area contributed by atoms with E-state index in [9.17, 15) is 4.79 Å². The van der Waals surface area contributed by atoms with Gasteiger partial charge in [-0.1, -0.05) is 0 Å². The number of likely N-dealkylation sites (N-methyl/N-ethyl adjacent to an activating group) is 1. The molecule has 0 fully saturated rings. The second-order valence-electron chi connectivity index (χ2n) is 7.03. The van der Waals surface area contributed by atoms with Crippen LogP contribution >= 0.6 is 11.3 Å². The van der Waals surface area contributed by atoms with Crippen LogP contribution in [0.1, 0.15) is 33.6 Å². The third kappa shape index (κ3) is 3.56. The Bertz CT molecular complexity index is 822. The fourth-order valence-electron chi connectivity index (χ4n) is 3.84. The van der Waals surface area contributed by atoms with Crippen molar-refractivity contribution in [1.82, 2.24) is 4.90 Å². The van der Waals surface area contributed by atoms with E-state index in [-0.39, 0.29) is 5.54 Å². The van der Waals surface area contributed by atoms with E-state index in [0.717, 1.165) is 19.3 Å². The summed E-state index contributed by atoms with van der Waals surface area (Å²) in [5.41, 5.74) is 1.33. The molecule has 1 aromatic carbocycles. The third-order valence-electron chi connectivity index (χ3n) is 5.44. The second-order valence-corrected chi connectivity index (χ2v) is 8.03. The Balaban J connectivity index is 1.86. The molecule has 0 aliphatic heterocycles. The van der Waals surface area contributed by atoms with Crippen molar-refractivity contribution in [3.05, 3.63) is 39.6 Å². The first-order chi connectivity index (χ1) is 13.5. The zero-order valence-electron chi connectivity index (χ0n) is 17.0. The van der Waals surface area contributed by atoms with Gasteiger partial charge in [0, 0.05) is 4.88 Å². The summed E-state index contributed by atoms with van der Waals surface area (Å²) in [4.78, 5) is 16.4. The Kier molecular flexibility index (Phi) is 6.15. The van der Waals surface area contributed by atoms with Gasteiger partial charge in [0.1, 0.15) is 6.61 Å². The number of carbonyl (C=O) groups excluding carboxylic acids is 1. The summed E-state index contributed by atoms with van der Waals surface area (Å²) >= 11 is 1.78. The zero-order valence-corrected chi connectivity index (χ0v) is 17.9. The van der Waals surface area contributed by atoms with Crippen molar-refractivity contribution < 1.29 is 23.7 Å². The minimum absolute atomic E-state index is 0.291. The average molecular weight is 406 g/mol. The van der Waals surface area contributed by atoms with E-state index < -0.39 is 5.97 Å². The summed E-state index contributed by atoms with van der Waals surface area (Å²) in [5, 5.41) is 2.12. The smallest absolute Gasteiger partial charge is 0.338 e. The number of hydrogen-bond acceptors (Lipinski definition) is 7. The summed E-state index contributed by atoms with van der Waals surface area (Å²) in [7, 11) is 8.65. The number of ether oxygens (including phenoxy) is 4. The maximum absolute atomic E-state index is 12.8. The quantitative estimate of drug-likeness (QED) is 0.655. The molecule has 0 bridgehead atoms. The zero-order chi connectivity index (χ0) is 20.3. The van der Waals surface area contributed by atoms with E-state index in [1.807, 2.05) is 14.1 Å². The van der Waals surface area contributed by atoms with E-state index in [1.54, 1.807) is 23.5 Å². The first-order valence-corrected chi connectivity index (χ1v) is 10.1. The van der Waals surface area contributed by atoms with Gasteiger partial charge in [0.25, 0.3) is 0 Å². The highest BCUT2D eigenvalue weighted by Gasteiger charge is 2.40. The molecule has 0 amide bonds. The van der Waals surface area contributed by atoms with Gasteiger partial charge in [-0.3, -0.25) is 4.90 Å². The Morgan fingerprint density at radius 3 is 2.39 bits per heavy atom. The summed E-state index contributed by atoms with van der Waals surface area (Å²) in [5.74, 6) is 0.882. The molecule has 1 unspecified atom stereocenters. The van der Waals surface area contributed by atoms with E-state index in [2.05, 4.69) is 16.3 Å². The fourth-order valence-corrected chi connectivity index (χ4v) is 4.85. The molecule has 152 valence electrons. The van der Waals surface area contributed by atoms with Gasteiger partial charge < -0.3 is 18.9 Å². The molecule has 0 radical (unpaired) electrons. The second kappa shape index (κ2) is 8.41. The van der Waals surface area contributed by atoms with Crippen LogP contribution in [0.4, 0.5) is 0 Å². The molecular weight excluding hydrogens is 378 g/mol. The Hall–Kier alpha value is -2.25. The minimum Gasteiger partial charge on any atom is -0.493 e. The van der Waals surface area contributed by atoms with Crippen molar-refractivity contribution >= 4 is 17.3 Å². The van der Waals surface area contributed by atoms with Gasteiger partial charge in [0.2, 0.25) is 5.75 Å². The van der Waals surface area contributed by atoms with Gasteiger partial charge in [0.15, 0.2) is 11.5 Å². The highest BCUT2D eigenvalue weighted by Crippen LogP contribution is 2.42. The molecule has 6 nitrogen and oxygen atoms in total. The van der Waals surface area contributed by atoms with E-state index in [4.69, 9.17) is 18.9 Å². The minimum atomic E-state index is -0.414. The molecular formula is C21H27NO5S. The lowest BCUT2D eigenvalue weighted by molar-refractivity contribution is 0.00722. The molecule has 1 aromatic heterocycles. The predicted octanol–water partition coefficient (Wildman–Crippen LogP) is 3.72. The van der Waals surface area contributed by atoms with Crippen LogP contribution in [0.25, 0.3) is 0 Å². The monoisotopic (exact) mass is 405 g/mol. The summed E-state index contributed by atoms with van der Waals surface area (Å²) in [6.45, 7) is 0.291. The maximum atomic E-state index is 12.8. The molecule has 0 N–H and O–H groups in total. The molecule has 3 rings (SSSR count). The summed E-state index contributed by atoms with van der Waals surface area (Å²) < 4.78 is 21.8. The largest absolute Gasteiger partial charge is 0.493 e. The van der Waals surface area contributed by atoms with Gasteiger partial charge in [-0.2, -0.15) is 0 Å². The number of benzene rings is 1. The summed E-state index contributed by atoms with van der Waals surface area (Å²) in [6.07, 6.45) is 3.11. The number of methoxy groups -OCH3 is 3. The van der Waals surface area contributed by atoms with Crippen molar-refractivity contribution in [2.75, 3.05) is 42.0 Å². The van der Waals surface area contributed by atoms with Gasteiger partial charge in [-0.25, -0.2) is 4.79 Å². The number of fused-ring (bicyclic) bond motifs is 1. The number of esters is 1. The lowest BCUT2D eigenvalue weighted by Crippen LogP contribution is -2.47. The van der Waals surface area contributed by atoms with Crippen molar-refractivity contribution in [2.45, 2.75) is 24.8 Å². The van der Waals surface area contributed by atoms with E-state index >= 15 is 0 Å². The van der Waals surface area contributed by atoms with Gasteiger partial charge >= 0.3 is 5.97 Å². The number of aryl methyl sites for hydroxylation is 1. The van der Waals surface area contributed by atoms with Gasteiger partial charge in [-0.05, 0) is 62.5 Å². The van der Waals surface area contributed by atoms with E-state index in [0.29, 0.717) is 29.4 Å². The molecule has 1 aliphatic rings. The van der Waals surface area contributed by atoms with Crippen LogP contribution in [0.2, 0.25) is 0 Å². The van der Waals surface area contributed by atoms with Crippen LogP contribution in [-0.4, -0.2) is 52.9 Å². The predicted molar refractivity (Wildman–Crippen MR) is 109 cm³/mol. The van der Waals surface area contributed by atoms with Crippen LogP contribution < -0.4 is 14.2 Å². The first kappa shape index (κ1) is 20.5. The standard InChI is InChI=1S/C21H27NO5S/c1-22(2)21(9-6-7-18-15(21)8-10-28-18)13-27-20(23)14-11-16(24-3)19(26-5)17(12-14)25-4/h8,10-12H,6-7,9,13H2,1-5H3. The number of hydrogen-bond donors (Lipinski definition) is 0. The van der Waals surface area contributed by atoms with Crippen LogP contribution in [0.3, 0.4) is 0 Å². The van der Waals surface area contributed by atoms with Crippen molar-refractivity contribution in [1.29, 1.82) is 0 Å². The average Bonchev–Trinajstić information content (AvgIpc) is 3.20. The highest BCUT2D eigenvalue weighted by molar-refractivity contribution is 7.10. The Labute approximate surface area is 170 Å². The molecule has 1 heterocycles.